The van der Waals surface area contributed by atoms with Crippen LogP contribution in [0, 0.1) is 0 Å². The van der Waals surface area contributed by atoms with Crippen molar-refractivity contribution in [3.63, 3.8) is 0 Å². The fourth-order valence-corrected chi connectivity index (χ4v) is 1.75. The van der Waals surface area contributed by atoms with Crippen LogP contribution in [0.3, 0.4) is 0 Å². The monoisotopic (exact) mass is 287 g/mol. The number of carboxylic acid groups (broad SMARTS) is 1. The number of aromatic hydroxyl groups is 1. The van der Waals surface area contributed by atoms with Crippen LogP contribution in [0.1, 0.15) is 20.7 Å². The minimum Gasteiger partial charge on any atom is -0.507 e. The van der Waals surface area contributed by atoms with Gasteiger partial charge in [-0.15, -0.1) is 0 Å². The molecule has 0 aliphatic rings. The number of hydrogen-bond donors (Lipinski definition) is 3. The van der Waals surface area contributed by atoms with Gasteiger partial charge in [-0.05, 0) is 36.4 Å². The van der Waals surface area contributed by atoms with Gasteiger partial charge in [-0.2, -0.15) is 0 Å². The van der Waals surface area contributed by atoms with Crippen molar-refractivity contribution in [2.75, 3.05) is 12.4 Å². The number of rotatable bonds is 4. The Morgan fingerprint density at radius 2 is 1.90 bits per heavy atom. The number of phenolic OH excluding ortho intramolecular Hbond substituents is 1. The van der Waals surface area contributed by atoms with Crippen molar-refractivity contribution in [3.8, 4) is 11.5 Å². The number of benzene rings is 2. The molecule has 108 valence electrons. The van der Waals surface area contributed by atoms with Gasteiger partial charge >= 0.3 is 5.97 Å². The van der Waals surface area contributed by atoms with Gasteiger partial charge < -0.3 is 20.3 Å². The van der Waals surface area contributed by atoms with E-state index in [1.165, 1.54) is 43.5 Å². The van der Waals surface area contributed by atoms with Crippen LogP contribution in [-0.2, 0) is 0 Å². The predicted octanol–water partition coefficient (Wildman–Crippen LogP) is 2.35. The van der Waals surface area contributed by atoms with Gasteiger partial charge in [-0.1, -0.05) is 6.07 Å². The molecule has 0 aliphatic carbocycles. The Kier molecular flexibility index (Phi) is 4.08. The van der Waals surface area contributed by atoms with E-state index in [1.54, 1.807) is 6.07 Å². The van der Waals surface area contributed by atoms with Crippen molar-refractivity contribution < 1.29 is 24.5 Å². The molecule has 2 aromatic carbocycles. The fraction of sp³-hybridized carbons (Fsp3) is 0.0667. The molecule has 0 heterocycles. The molecule has 0 unspecified atom stereocenters. The maximum Gasteiger partial charge on any atom is 0.335 e. The summed E-state index contributed by atoms with van der Waals surface area (Å²) in [7, 11) is 1.45. The third kappa shape index (κ3) is 3.30. The van der Waals surface area contributed by atoms with Crippen LogP contribution >= 0.6 is 0 Å². The molecule has 1 amide bonds. The summed E-state index contributed by atoms with van der Waals surface area (Å²) in [6, 6.07) is 10.1. The van der Waals surface area contributed by atoms with Gasteiger partial charge in [0.15, 0.2) is 0 Å². The molecule has 6 nitrogen and oxygen atoms in total. The van der Waals surface area contributed by atoms with Crippen LogP contribution in [0.4, 0.5) is 5.69 Å². The number of hydrogen-bond acceptors (Lipinski definition) is 4. The molecule has 2 aromatic rings. The Morgan fingerprint density at radius 1 is 1.14 bits per heavy atom. The maximum absolute atomic E-state index is 12.1. The largest absolute Gasteiger partial charge is 0.507 e. The van der Waals surface area contributed by atoms with Gasteiger partial charge in [0.05, 0.1) is 18.2 Å². The lowest BCUT2D eigenvalue weighted by Gasteiger charge is -2.09. The minimum absolute atomic E-state index is 0.0371. The van der Waals surface area contributed by atoms with Crippen LogP contribution in [0.2, 0.25) is 0 Å². The second kappa shape index (κ2) is 5.96. The normalized spacial score (nSPS) is 9.95. The van der Waals surface area contributed by atoms with Gasteiger partial charge in [-0.3, -0.25) is 4.79 Å². The van der Waals surface area contributed by atoms with Crippen LogP contribution < -0.4 is 10.1 Å². The smallest absolute Gasteiger partial charge is 0.335 e. The molecular weight excluding hydrogens is 274 g/mol. The molecule has 0 aliphatic heterocycles. The first-order valence-corrected chi connectivity index (χ1v) is 6.03. The van der Waals surface area contributed by atoms with E-state index < -0.39 is 11.9 Å². The van der Waals surface area contributed by atoms with E-state index in [0.29, 0.717) is 11.4 Å². The number of methoxy groups -OCH3 is 1. The zero-order valence-corrected chi connectivity index (χ0v) is 11.2. The molecular formula is C15H13NO5. The third-order valence-corrected chi connectivity index (χ3v) is 2.82. The molecule has 0 radical (unpaired) electrons. The van der Waals surface area contributed by atoms with E-state index in [-0.39, 0.29) is 16.9 Å². The van der Waals surface area contributed by atoms with Crippen molar-refractivity contribution in [1.29, 1.82) is 0 Å². The second-order valence-corrected chi connectivity index (χ2v) is 4.22. The molecule has 3 N–H and O–H groups in total. The zero-order chi connectivity index (χ0) is 15.4. The van der Waals surface area contributed by atoms with E-state index in [4.69, 9.17) is 9.84 Å². The van der Waals surface area contributed by atoms with Gasteiger partial charge in [0.2, 0.25) is 0 Å². The summed E-state index contributed by atoms with van der Waals surface area (Å²) >= 11 is 0. The highest BCUT2D eigenvalue weighted by molar-refractivity contribution is 6.06. The van der Waals surface area contributed by atoms with Gasteiger partial charge in [0, 0.05) is 5.69 Å². The van der Waals surface area contributed by atoms with Crippen LogP contribution in [0.15, 0.2) is 42.5 Å². The summed E-state index contributed by atoms with van der Waals surface area (Å²) in [5, 5.41) is 21.1. The summed E-state index contributed by atoms with van der Waals surface area (Å²) in [6.45, 7) is 0. The molecule has 0 saturated heterocycles. The summed E-state index contributed by atoms with van der Waals surface area (Å²) in [5.41, 5.74) is 0.417. The van der Waals surface area contributed by atoms with Gasteiger partial charge in [0.25, 0.3) is 5.91 Å². The predicted molar refractivity (Wildman–Crippen MR) is 76.0 cm³/mol. The number of aromatic carboxylic acids is 1. The summed E-state index contributed by atoms with van der Waals surface area (Å²) < 4.78 is 4.99. The van der Waals surface area contributed by atoms with E-state index >= 15 is 0 Å². The zero-order valence-electron chi connectivity index (χ0n) is 11.2. The minimum atomic E-state index is -1.09. The van der Waals surface area contributed by atoms with Crippen molar-refractivity contribution in [3.05, 3.63) is 53.6 Å². The summed E-state index contributed by atoms with van der Waals surface area (Å²) in [4.78, 5) is 23.0. The van der Waals surface area contributed by atoms with E-state index in [9.17, 15) is 14.7 Å². The SMILES string of the molecule is COc1ccc(O)c(C(=O)Nc2cccc(C(=O)O)c2)c1. The first kappa shape index (κ1) is 14.4. The molecule has 0 spiro atoms. The first-order valence-electron chi connectivity index (χ1n) is 6.03. The Morgan fingerprint density at radius 3 is 2.57 bits per heavy atom. The van der Waals surface area contributed by atoms with E-state index in [0.717, 1.165) is 0 Å². The number of ether oxygens (including phenoxy) is 1. The van der Waals surface area contributed by atoms with E-state index in [1.807, 2.05) is 0 Å². The van der Waals surface area contributed by atoms with Crippen LogP contribution in [0.5, 0.6) is 11.5 Å². The van der Waals surface area contributed by atoms with Crippen LogP contribution in [-0.4, -0.2) is 29.2 Å². The lowest BCUT2D eigenvalue weighted by Crippen LogP contribution is -2.12. The highest BCUT2D eigenvalue weighted by atomic mass is 16.5. The first-order chi connectivity index (χ1) is 10.0. The Hall–Kier alpha value is -3.02. The molecule has 2 rings (SSSR count). The average molecular weight is 287 g/mol. The Labute approximate surface area is 120 Å². The highest BCUT2D eigenvalue weighted by Crippen LogP contribution is 2.24. The quantitative estimate of drug-likeness (QED) is 0.802. The standard InChI is InChI=1S/C15H13NO5/c1-21-11-5-6-13(17)12(8-11)14(18)16-10-4-2-3-9(7-10)15(19)20/h2-8,17H,1H3,(H,16,18)(H,19,20). The third-order valence-electron chi connectivity index (χ3n) is 2.82. The maximum atomic E-state index is 12.1. The summed E-state index contributed by atoms with van der Waals surface area (Å²) in [5.74, 6) is -1.41. The van der Waals surface area contributed by atoms with Crippen molar-refractivity contribution in [2.45, 2.75) is 0 Å². The van der Waals surface area contributed by atoms with Crippen molar-refractivity contribution >= 4 is 17.6 Å². The lowest BCUT2D eigenvalue weighted by atomic mass is 10.1. The summed E-state index contributed by atoms with van der Waals surface area (Å²) in [6.07, 6.45) is 0. The van der Waals surface area contributed by atoms with Crippen LogP contribution in [0.25, 0.3) is 0 Å². The molecule has 0 fully saturated rings. The number of carbonyl (C=O) groups is 2. The van der Waals surface area contributed by atoms with Gasteiger partial charge in [0.1, 0.15) is 11.5 Å². The molecule has 0 aromatic heterocycles. The second-order valence-electron chi connectivity index (χ2n) is 4.22. The number of carboxylic acids is 1. The molecule has 6 heteroatoms. The number of phenols is 1. The van der Waals surface area contributed by atoms with E-state index in [2.05, 4.69) is 5.32 Å². The topological polar surface area (TPSA) is 95.9 Å². The molecule has 0 saturated carbocycles. The van der Waals surface area contributed by atoms with Crippen molar-refractivity contribution in [2.24, 2.45) is 0 Å². The lowest BCUT2D eigenvalue weighted by molar-refractivity contribution is 0.0696. The van der Waals surface area contributed by atoms with Crippen molar-refractivity contribution in [1.82, 2.24) is 0 Å². The fourth-order valence-electron chi connectivity index (χ4n) is 1.75. The Balaban J connectivity index is 2.25. The Bertz CT molecular complexity index is 696. The molecule has 0 bridgehead atoms. The number of carbonyl (C=O) groups excluding carboxylic acids is 1. The number of anilines is 1. The highest BCUT2D eigenvalue weighted by Gasteiger charge is 2.13. The molecule has 0 atom stereocenters. The number of amides is 1. The van der Waals surface area contributed by atoms with Gasteiger partial charge in [-0.25, -0.2) is 4.79 Å². The average Bonchev–Trinajstić information content (AvgIpc) is 2.48. The number of nitrogens with one attached hydrogen (secondary N) is 1. The molecule has 21 heavy (non-hydrogen) atoms.